The van der Waals surface area contributed by atoms with E-state index in [-0.39, 0.29) is 12.4 Å². The van der Waals surface area contributed by atoms with Crippen LogP contribution in [0.3, 0.4) is 0 Å². The molecule has 0 spiro atoms. The summed E-state index contributed by atoms with van der Waals surface area (Å²) >= 11 is 0. The van der Waals surface area contributed by atoms with Gasteiger partial charge in [-0.1, -0.05) is 24.3 Å². The summed E-state index contributed by atoms with van der Waals surface area (Å²) in [6.07, 6.45) is 0. The fourth-order valence-electron chi connectivity index (χ4n) is 2.56. The van der Waals surface area contributed by atoms with Gasteiger partial charge >= 0.3 is 5.91 Å². The van der Waals surface area contributed by atoms with Gasteiger partial charge in [0.15, 0.2) is 12.4 Å². The van der Waals surface area contributed by atoms with Gasteiger partial charge in [0.05, 0.1) is 0 Å². The molecule has 0 saturated heterocycles. The molecule has 0 radical (unpaired) electrons. The van der Waals surface area contributed by atoms with E-state index in [0.717, 1.165) is 22.1 Å². The Hall–Kier alpha value is -3.28. The van der Waals surface area contributed by atoms with Crippen LogP contribution >= 0.6 is 0 Å². The molecule has 26 heavy (non-hydrogen) atoms. The van der Waals surface area contributed by atoms with Crippen molar-refractivity contribution in [2.45, 2.75) is 20.8 Å². The van der Waals surface area contributed by atoms with Crippen molar-refractivity contribution in [2.75, 3.05) is 6.61 Å². The third kappa shape index (κ3) is 3.69. The van der Waals surface area contributed by atoms with Crippen LogP contribution in [0.25, 0.3) is 11.0 Å². The van der Waals surface area contributed by atoms with Gasteiger partial charge in [-0.25, -0.2) is 0 Å². The zero-order chi connectivity index (χ0) is 18.7. The molecule has 6 nitrogen and oxygen atoms in total. The van der Waals surface area contributed by atoms with Gasteiger partial charge in [-0.2, -0.15) is 0 Å². The lowest BCUT2D eigenvalue weighted by molar-refractivity contribution is -0.123. The highest BCUT2D eigenvalue weighted by molar-refractivity contribution is 5.99. The molecule has 1 heterocycles. The summed E-state index contributed by atoms with van der Waals surface area (Å²) < 4.78 is 11.0. The van der Waals surface area contributed by atoms with Crippen LogP contribution in [0, 0.1) is 20.8 Å². The zero-order valence-electron chi connectivity index (χ0n) is 14.9. The van der Waals surface area contributed by atoms with Crippen molar-refractivity contribution in [2.24, 2.45) is 0 Å². The van der Waals surface area contributed by atoms with Crippen LogP contribution in [-0.2, 0) is 4.79 Å². The molecular weight excluding hydrogens is 332 g/mol. The number of para-hydroxylation sites is 1. The summed E-state index contributed by atoms with van der Waals surface area (Å²) in [5.74, 6) is -0.215. The Balaban J connectivity index is 1.55. The first-order valence-corrected chi connectivity index (χ1v) is 8.23. The smallest absolute Gasteiger partial charge is 0.305 e. The molecular formula is C20H20N2O4. The zero-order valence-corrected chi connectivity index (χ0v) is 14.9. The number of hydrazine groups is 1. The Morgan fingerprint density at radius 2 is 1.77 bits per heavy atom. The van der Waals surface area contributed by atoms with E-state index in [9.17, 15) is 9.59 Å². The molecule has 3 rings (SSSR count). The Morgan fingerprint density at radius 1 is 1.00 bits per heavy atom. The largest absolute Gasteiger partial charge is 0.484 e. The van der Waals surface area contributed by atoms with Crippen molar-refractivity contribution in [1.82, 2.24) is 10.9 Å². The minimum atomic E-state index is -0.516. The first kappa shape index (κ1) is 17.5. The maximum absolute atomic E-state index is 12.2. The summed E-state index contributed by atoms with van der Waals surface area (Å²) in [5, 5.41) is 0.863. The number of carbonyl (C=O) groups excluding carboxylic acids is 2. The van der Waals surface area contributed by atoms with Gasteiger partial charge < -0.3 is 9.15 Å². The number of aryl methyl sites for hydroxylation is 3. The van der Waals surface area contributed by atoms with Crippen LogP contribution < -0.4 is 15.6 Å². The number of hydrogen-bond acceptors (Lipinski definition) is 4. The molecule has 3 aromatic rings. The number of fused-ring (bicyclic) bond motifs is 1. The molecule has 0 bridgehead atoms. The van der Waals surface area contributed by atoms with Crippen LogP contribution in [0.2, 0.25) is 0 Å². The first-order valence-electron chi connectivity index (χ1n) is 8.23. The molecule has 6 heteroatoms. The number of furan rings is 1. The molecule has 0 aliphatic heterocycles. The summed E-state index contributed by atoms with van der Waals surface area (Å²) in [4.78, 5) is 24.1. The summed E-state index contributed by atoms with van der Waals surface area (Å²) in [6, 6.07) is 13.0. The Bertz CT molecular complexity index is 975. The minimum absolute atomic E-state index is 0.168. The highest BCUT2D eigenvalue weighted by atomic mass is 16.5. The minimum Gasteiger partial charge on any atom is -0.484 e. The van der Waals surface area contributed by atoms with Crippen LogP contribution in [0.4, 0.5) is 0 Å². The second-order valence-electron chi connectivity index (χ2n) is 6.09. The number of benzene rings is 2. The lowest BCUT2D eigenvalue weighted by atomic mass is 10.1. The number of carbonyl (C=O) groups is 2. The Labute approximate surface area is 151 Å². The van der Waals surface area contributed by atoms with Crippen molar-refractivity contribution >= 4 is 22.8 Å². The van der Waals surface area contributed by atoms with Gasteiger partial charge in [-0.05, 0) is 50.1 Å². The summed E-state index contributed by atoms with van der Waals surface area (Å²) in [5.41, 5.74) is 8.24. The fraction of sp³-hybridized carbons (Fsp3) is 0.200. The Morgan fingerprint density at radius 3 is 2.50 bits per heavy atom. The second kappa shape index (κ2) is 7.31. The fourth-order valence-corrected chi connectivity index (χ4v) is 2.56. The van der Waals surface area contributed by atoms with Crippen LogP contribution in [0.15, 0.2) is 46.9 Å². The molecule has 0 aliphatic carbocycles. The Kier molecular flexibility index (Phi) is 4.93. The second-order valence-corrected chi connectivity index (χ2v) is 6.09. The van der Waals surface area contributed by atoms with Crippen molar-refractivity contribution in [3.8, 4) is 5.75 Å². The summed E-state index contributed by atoms with van der Waals surface area (Å²) in [7, 11) is 0. The lowest BCUT2D eigenvalue weighted by Crippen LogP contribution is -2.43. The summed E-state index contributed by atoms with van der Waals surface area (Å²) in [6.45, 7) is 5.56. The molecule has 0 saturated carbocycles. The third-order valence-corrected chi connectivity index (χ3v) is 4.21. The molecule has 2 N–H and O–H groups in total. The van der Waals surface area contributed by atoms with E-state index >= 15 is 0 Å². The number of ether oxygens (including phenoxy) is 1. The monoisotopic (exact) mass is 352 g/mol. The van der Waals surface area contributed by atoms with Crippen molar-refractivity contribution in [3.63, 3.8) is 0 Å². The number of rotatable bonds is 4. The highest BCUT2D eigenvalue weighted by Gasteiger charge is 2.17. The molecule has 1 aromatic heterocycles. The predicted octanol–water partition coefficient (Wildman–Crippen LogP) is 3.20. The SMILES string of the molecule is Cc1ccc(OCC(=O)NNC(=O)c2oc3ccccc3c2C)cc1C. The molecule has 134 valence electrons. The van der Waals surface area contributed by atoms with Gasteiger partial charge in [0, 0.05) is 10.9 Å². The van der Waals surface area contributed by atoms with Gasteiger partial charge in [-0.3, -0.25) is 20.4 Å². The predicted molar refractivity (Wildman–Crippen MR) is 98.0 cm³/mol. The van der Waals surface area contributed by atoms with E-state index in [2.05, 4.69) is 10.9 Å². The van der Waals surface area contributed by atoms with E-state index in [0.29, 0.717) is 11.3 Å². The first-order chi connectivity index (χ1) is 12.5. The highest BCUT2D eigenvalue weighted by Crippen LogP contribution is 2.24. The number of nitrogens with one attached hydrogen (secondary N) is 2. The van der Waals surface area contributed by atoms with E-state index in [4.69, 9.17) is 9.15 Å². The standard InChI is InChI=1S/C20H20N2O4/c1-12-8-9-15(10-13(12)2)25-11-18(23)21-22-20(24)19-14(3)16-6-4-5-7-17(16)26-19/h4-10H,11H2,1-3H3,(H,21,23)(H,22,24). The normalized spacial score (nSPS) is 10.6. The molecule has 0 unspecified atom stereocenters. The average Bonchev–Trinajstić information content (AvgIpc) is 2.98. The molecule has 0 fully saturated rings. The maximum atomic E-state index is 12.2. The van der Waals surface area contributed by atoms with Crippen molar-refractivity contribution in [3.05, 3.63) is 64.9 Å². The van der Waals surface area contributed by atoms with Crippen molar-refractivity contribution in [1.29, 1.82) is 0 Å². The number of amides is 2. The molecule has 0 aliphatic rings. The van der Waals surface area contributed by atoms with Crippen LogP contribution in [-0.4, -0.2) is 18.4 Å². The van der Waals surface area contributed by atoms with Gasteiger partial charge in [0.1, 0.15) is 11.3 Å². The van der Waals surface area contributed by atoms with Crippen molar-refractivity contribution < 1.29 is 18.7 Å². The van der Waals surface area contributed by atoms with E-state index < -0.39 is 11.8 Å². The van der Waals surface area contributed by atoms with Gasteiger partial charge in [0.25, 0.3) is 5.91 Å². The van der Waals surface area contributed by atoms with E-state index in [1.54, 1.807) is 19.1 Å². The van der Waals surface area contributed by atoms with Gasteiger partial charge in [-0.15, -0.1) is 0 Å². The lowest BCUT2D eigenvalue weighted by Gasteiger charge is -2.09. The number of hydrogen-bond donors (Lipinski definition) is 2. The molecule has 0 atom stereocenters. The average molecular weight is 352 g/mol. The van der Waals surface area contributed by atoms with Crippen LogP contribution in [0.5, 0.6) is 5.75 Å². The quantitative estimate of drug-likeness (QED) is 0.707. The molecule has 2 aromatic carbocycles. The van der Waals surface area contributed by atoms with E-state index in [1.165, 1.54) is 0 Å². The van der Waals surface area contributed by atoms with Gasteiger partial charge in [0.2, 0.25) is 0 Å². The van der Waals surface area contributed by atoms with E-state index in [1.807, 2.05) is 44.2 Å². The third-order valence-electron chi connectivity index (χ3n) is 4.21. The molecule has 2 amide bonds. The topological polar surface area (TPSA) is 80.6 Å². The maximum Gasteiger partial charge on any atom is 0.305 e. The van der Waals surface area contributed by atoms with Crippen LogP contribution in [0.1, 0.15) is 27.2 Å².